The summed E-state index contributed by atoms with van der Waals surface area (Å²) in [7, 11) is 1.46. The first kappa shape index (κ1) is 19.1. The van der Waals surface area contributed by atoms with Gasteiger partial charge in [0.05, 0.1) is 12.7 Å². The van der Waals surface area contributed by atoms with E-state index in [0.29, 0.717) is 23.7 Å². The molecule has 0 amide bonds. The molecule has 2 aromatic rings. The Kier molecular flexibility index (Phi) is 6.44. The molecule has 0 saturated carbocycles. The molecule has 0 aliphatic carbocycles. The first-order valence-corrected chi connectivity index (χ1v) is 8.09. The highest BCUT2D eigenvalue weighted by atomic mass is 16.5. The number of carbonyl (C=O) groups is 1. The number of rotatable bonds is 7. The Morgan fingerprint density at radius 1 is 1.08 bits per heavy atom. The molecule has 5 nitrogen and oxygen atoms in total. The van der Waals surface area contributed by atoms with Crippen molar-refractivity contribution in [1.29, 1.82) is 0 Å². The average Bonchev–Trinajstić information content (AvgIpc) is 2.59. The molecule has 0 spiro atoms. The lowest BCUT2D eigenvalue weighted by Gasteiger charge is -2.07. The molecule has 26 heavy (non-hydrogen) atoms. The summed E-state index contributed by atoms with van der Waals surface area (Å²) in [5, 5.41) is 19.8. The van der Waals surface area contributed by atoms with Gasteiger partial charge in [-0.1, -0.05) is 17.7 Å². The molecular formula is C21H22O5. The molecule has 2 N–H and O–H groups in total. The fourth-order valence-electron chi connectivity index (χ4n) is 2.19. The van der Waals surface area contributed by atoms with E-state index >= 15 is 0 Å². The number of ether oxygens (including phenoxy) is 2. The first-order valence-electron chi connectivity index (χ1n) is 8.09. The molecule has 0 atom stereocenters. The van der Waals surface area contributed by atoms with Crippen molar-refractivity contribution in [2.45, 2.75) is 13.8 Å². The van der Waals surface area contributed by atoms with Crippen molar-refractivity contribution < 1.29 is 24.5 Å². The molecule has 0 radical (unpaired) electrons. The summed E-state index contributed by atoms with van der Waals surface area (Å²) in [6.45, 7) is 4.34. The van der Waals surface area contributed by atoms with Gasteiger partial charge in [0.2, 0.25) is 0 Å². The fourth-order valence-corrected chi connectivity index (χ4v) is 2.19. The Morgan fingerprint density at radius 2 is 1.85 bits per heavy atom. The zero-order chi connectivity index (χ0) is 19.1. The number of phenolic OH excluding ortho intramolecular Hbond substituents is 2. The molecule has 0 aliphatic rings. The molecule has 0 aromatic heterocycles. The van der Waals surface area contributed by atoms with Crippen LogP contribution in [0.2, 0.25) is 0 Å². The maximum absolute atomic E-state index is 12.3. The summed E-state index contributed by atoms with van der Waals surface area (Å²) in [6.07, 6.45) is 4.81. The van der Waals surface area contributed by atoms with E-state index in [1.807, 2.05) is 19.9 Å². The number of ketones is 1. The standard InChI is InChI=1S/C21H22O5/c1-14(2)10-11-26-16-6-7-17(19(23)13-16)18(22)8-4-15-5-9-21(25-3)20(24)12-15/h4-10,12-13,23-24H,11H2,1-3H3/b8-4+. The smallest absolute Gasteiger partial charge is 0.189 e. The van der Waals surface area contributed by atoms with Gasteiger partial charge in [-0.2, -0.15) is 0 Å². The zero-order valence-electron chi connectivity index (χ0n) is 15.0. The van der Waals surface area contributed by atoms with Crippen LogP contribution in [0.5, 0.6) is 23.0 Å². The maximum Gasteiger partial charge on any atom is 0.189 e. The van der Waals surface area contributed by atoms with Crippen molar-refractivity contribution in [3.05, 3.63) is 65.3 Å². The highest BCUT2D eigenvalue weighted by Gasteiger charge is 2.10. The topological polar surface area (TPSA) is 76.0 Å². The van der Waals surface area contributed by atoms with Crippen molar-refractivity contribution in [3.63, 3.8) is 0 Å². The normalized spacial score (nSPS) is 10.6. The Morgan fingerprint density at radius 3 is 2.46 bits per heavy atom. The van der Waals surface area contributed by atoms with E-state index in [9.17, 15) is 15.0 Å². The summed E-state index contributed by atoms with van der Waals surface area (Å²) < 4.78 is 10.5. The Bertz CT molecular complexity index is 845. The number of allylic oxidation sites excluding steroid dienone is 2. The third kappa shape index (κ3) is 5.14. The van der Waals surface area contributed by atoms with Crippen LogP contribution in [0.3, 0.4) is 0 Å². The lowest BCUT2D eigenvalue weighted by Crippen LogP contribution is -1.98. The van der Waals surface area contributed by atoms with Crippen molar-refractivity contribution in [1.82, 2.24) is 0 Å². The van der Waals surface area contributed by atoms with Crippen molar-refractivity contribution in [3.8, 4) is 23.0 Å². The molecule has 0 heterocycles. The summed E-state index contributed by atoms with van der Waals surface area (Å²) in [5.41, 5.74) is 1.95. The Balaban J connectivity index is 2.09. The Labute approximate surface area is 152 Å². The molecule has 2 rings (SSSR count). The summed E-state index contributed by atoms with van der Waals surface area (Å²) in [6, 6.07) is 9.38. The zero-order valence-corrected chi connectivity index (χ0v) is 15.0. The minimum Gasteiger partial charge on any atom is -0.507 e. The molecule has 2 aromatic carbocycles. The summed E-state index contributed by atoms with van der Waals surface area (Å²) in [4.78, 5) is 12.3. The highest BCUT2D eigenvalue weighted by molar-refractivity contribution is 6.08. The van der Waals surface area contributed by atoms with Gasteiger partial charge in [-0.25, -0.2) is 0 Å². The van der Waals surface area contributed by atoms with E-state index in [0.717, 1.165) is 5.57 Å². The first-order chi connectivity index (χ1) is 12.4. The van der Waals surface area contributed by atoms with Crippen LogP contribution < -0.4 is 9.47 Å². The van der Waals surface area contributed by atoms with Gasteiger partial charge in [0.15, 0.2) is 17.3 Å². The van der Waals surface area contributed by atoms with Crippen molar-refractivity contribution >= 4 is 11.9 Å². The monoisotopic (exact) mass is 354 g/mol. The Hall–Kier alpha value is -3.21. The lowest BCUT2D eigenvalue weighted by atomic mass is 10.1. The van der Waals surface area contributed by atoms with Crippen LogP contribution in [0.1, 0.15) is 29.8 Å². The third-order valence-corrected chi connectivity index (χ3v) is 3.61. The quantitative estimate of drug-likeness (QED) is 0.439. The average molecular weight is 354 g/mol. The second-order valence-corrected chi connectivity index (χ2v) is 5.90. The number of aromatic hydroxyl groups is 2. The SMILES string of the molecule is COc1ccc(/C=C/C(=O)c2ccc(OCC=C(C)C)cc2O)cc1O. The van der Waals surface area contributed by atoms with E-state index in [2.05, 4.69) is 0 Å². The van der Waals surface area contributed by atoms with Crippen LogP contribution in [0.4, 0.5) is 0 Å². The molecule has 0 unspecified atom stereocenters. The molecule has 0 saturated heterocycles. The molecule has 0 aliphatic heterocycles. The summed E-state index contributed by atoms with van der Waals surface area (Å²) in [5.74, 6) is 0.332. The minimum atomic E-state index is -0.353. The maximum atomic E-state index is 12.3. The molecule has 0 fully saturated rings. The fraction of sp³-hybridized carbons (Fsp3) is 0.190. The van der Waals surface area contributed by atoms with Gasteiger partial charge in [0, 0.05) is 6.07 Å². The summed E-state index contributed by atoms with van der Waals surface area (Å²) >= 11 is 0. The second-order valence-electron chi connectivity index (χ2n) is 5.90. The van der Waals surface area contributed by atoms with Crippen LogP contribution >= 0.6 is 0 Å². The van der Waals surface area contributed by atoms with E-state index in [-0.39, 0.29) is 22.8 Å². The van der Waals surface area contributed by atoms with E-state index in [1.165, 1.54) is 31.4 Å². The van der Waals surface area contributed by atoms with Crippen molar-refractivity contribution in [2.24, 2.45) is 0 Å². The van der Waals surface area contributed by atoms with Gasteiger partial charge in [0.1, 0.15) is 18.1 Å². The molecule has 5 heteroatoms. The largest absolute Gasteiger partial charge is 0.507 e. The van der Waals surface area contributed by atoms with Crippen molar-refractivity contribution in [2.75, 3.05) is 13.7 Å². The molecular weight excluding hydrogens is 332 g/mol. The number of hydrogen-bond acceptors (Lipinski definition) is 5. The van der Waals surface area contributed by atoms with Crippen LogP contribution in [-0.4, -0.2) is 29.7 Å². The highest BCUT2D eigenvalue weighted by Crippen LogP contribution is 2.27. The van der Waals surface area contributed by atoms with Gasteiger partial charge < -0.3 is 19.7 Å². The number of benzene rings is 2. The van der Waals surface area contributed by atoms with Crippen LogP contribution in [0.15, 0.2) is 54.1 Å². The minimum absolute atomic E-state index is 0.0113. The third-order valence-electron chi connectivity index (χ3n) is 3.61. The van der Waals surface area contributed by atoms with Gasteiger partial charge in [-0.3, -0.25) is 4.79 Å². The van der Waals surface area contributed by atoms with Crippen LogP contribution in [0.25, 0.3) is 6.08 Å². The number of hydrogen-bond donors (Lipinski definition) is 2. The van der Waals surface area contributed by atoms with Gasteiger partial charge >= 0.3 is 0 Å². The number of methoxy groups -OCH3 is 1. The lowest BCUT2D eigenvalue weighted by molar-refractivity contribution is 0.104. The number of phenols is 2. The van der Waals surface area contributed by atoms with E-state index in [4.69, 9.17) is 9.47 Å². The van der Waals surface area contributed by atoms with Gasteiger partial charge in [-0.15, -0.1) is 0 Å². The molecule has 0 bridgehead atoms. The van der Waals surface area contributed by atoms with E-state index < -0.39 is 0 Å². The van der Waals surface area contributed by atoms with Gasteiger partial charge in [0.25, 0.3) is 0 Å². The van der Waals surface area contributed by atoms with Crippen LogP contribution in [0, 0.1) is 0 Å². The van der Waals surface area contributed by atoms with Crippen LogP contribution in [-0.2, 0) is 0 Å². The predicted molar refractivity (Wildman–Crippen MR) is 101 cm³/mol. The van der Waals surface area contributed by atoms with E-state index in [1.54, 1.807) is 24.3 Å². The second kappa shape index (κ2) is 8.76. The molecule has 136 valence electrons. The predicted octanol–water partition coefficient (Wildman–Crippen LogP) is 4.35. The number of carbonyl (C=O) groups excluding carboxylic acids is 1. The van der Waals surface area contributed by atoms with Gasteiger partial charge in [-0.05, 0) is 55.8 Å².